The topological polar surface area (TPSA) is 72.7 Å². The molecule has 1 aromatic carbocycles. The van der Waals surface area contributed by atoms with Crippen LogP contribution < -0.4 is 5.32 Å². The number of amides is 1. The highest BCUT2D eigenvalue weighted by atomic mass is 32.1. The number of carbonyl (C=O) groups is 1. The van der Waals surface area contributed by atoms with E-state index in [4.69, 9.17) is 0 Å². The molecule has 1 aliphatic rings. The van der Waals surface area contributed by atoms with E-state index in [0.717, 1.165) is 42.0 Å². The standard InChI is InChI=1S/C18H17F2N5OS/c1-10-8-25-9-12(3-5-16(25)21-10)17(26)23-18-22-15(24-27-18)6-11-2-4-13(19)7-14(11)20/h2,4,7-8,12H,3,5-6,9H2,1H3,(H,22,23,24,26). The summed E-state index contributed by atoms with van der Waals surface area (Å²) in [6.45, 7) is 2.53. The van der Waals surface area contributed by atoms with Gasteiger partial charge in [0.25, 0.3) is 0 Å². The molecule has 9 heteroatoms. The van der Waals surface area contributed by atoms with E-state index < -0.39 is 11.6 Å². The van der Waals surface area contributed by atoms with Crippen molar-refractivity contribution in [3.63, 3.8) is 0 Å². The number of imidazole rings is 1. The van der Waals surface area contributed by atoms with Gasteiger partial charge in [-0.2, -0.15) is 4.37 Å². The summed E-state index contributed by atoms with van der Waals surface area (Å²) in [7, 11) is 0. The molecule has 1 atom stereocenters. The molecule has 0 radical (unpaired) electrons. The summed E-state index contributed by atoms with van der Waals surface area (Å²) < 4.78 is 32.9. The molecule has 3 heterocycles. The monoisotopic (exact) mass is 389 g/mol. The van der Waals surface area contributed by atoms with E-state index in [1.165, 1.54) is 12.1 Å². The van der Waals surface area contributed by atoms with Crippen LogP contribution in [0, 0.1) is 24.5 Å². The van der Waals surface area contributed by atoms with Gasteiger partial charge >= 0.3 is 0 Å². The van der Waals surface area contributed by atoms with Gasteiger partial charge in [-0.25, -0.2) is 18.7 Å². The van der Waals surface area contributed by atoms with Crippen LogP contribution in [0.4, 0.5) is 13.9 Å². The lowest BCUT2D eigenvalue weighted by molar-refractivity contribution is -0.120. The molecule has 4 rings (SSSR count). The van der Waals surface area contributed by atoms with Gasteiger partial charge in [-0.05, 0) is 25.0 Å². The molecule has 1 amide bonds. The van der Waals surface area contributed by atoms with E-state index in [2.05, 4.69) is 19.7 Å². The van der Waals surface area contributed by atoms with Crippen molar-refractivity contribution in [3.8, 4) is 0 Å². The highest BCUT2D eigenvalue weighted by Crippen LogP contribution is 2.23. The predicted octanol–water partition coefficient (Wildman–Crippen LogP) is 3.11. The number of hydrogen-bond acceptors (Lipinski definition) is 5. The molecule has 0 bridgehead atoms. The smallest absolute Gasteiger partial charge is 0.231 e. The Morgan fingerprint density at radius 3 is 3.04 bits per heavy atom. The van der Waals surface area contributed by atoms with Gasteiger partial charge in [-0.3, -0.25) is 4.79 Å². The first-order valence-electron chi connectivity index (χ1n) is 8.58. The third-order valence-electron chi connectivity index (χ3n) is 4.55. The first kappa shape index (κ1) is 17.7. The van der Waals surface area contributed by atoms with Crippen LogP contribution in [0.5, 0.6) is 0 Å². The highest BCUT2D eigenvalue weighted by molar-refractivity contribution is 7.09. The minimum absolute atomic E-state index is 0.109. The van der Waals surface area contributed by atoms with E-state index in [0.29, 0.717) is 23.1 Å². The molecule has 1 N–H and O–H groups in total. The number of halogens is 2. The van der Waals surface area contributed by atoms with Crippen molar-refractivity contribution in [2.24, 2.45) is 5.92 Å². The van der Waals surface area contributed by atoms with Crippen molar-refractivity contribution in [2.45, 2.75) is 32.7 Å². The molecule has 1 unspecified atom stereocenters. The van der Waals surface area contributed by atoms with Crippen molar-refractivity contribution in [1.29, 1.82) is 0 Å². The van der Waals surface area contributed by atoms with Crippen LogP contribution in [0.15, 0.2) is 24.4 Å². The minimum Gasteiger partial charge on any atom is -0.334 e. The second-order valence-electron chi connectivity index (χ2n) is 6.60. The molecule has 0 fully saturated rings. The maximum atomic E-state index is 13.7. The number of benzene rings is 1. The van der Waals surface area contributed by atoms with E-state index in [1.54, 1.807) is 0 Å². The van der Waals surface area contributed by atoms with Gasteiger partial charge in [0.15, 0.2) is 0 Å². The predicted molar refractivity (Wildman–Crippen MR) is 96.5 cm³/mol. The number of rotatable bonds is 4. The summed E-state index contributed by atoms with van der Waals surface area (Å²) in [6, 6.07) is 3.40. The Morgan fingerprint density at radius 1 is 1.37 bits per heavy atom. The third kappa shape index (κ3) is 3.87. The van der Waals surface area contributed by atoms with E-state index in [9.17, 15) is 13.6 Å². The van der Waals surface area contributed by atoms with E-state index >= 15 is 0 Å². The van der Waals surface area contributed by atoms with Crippen LogP contribution in [0.3, 0.4) is 0 Å². The summed E-state index contributed by atoms with van der Waals surface area (Å²) in [5, 5.41) is 3.18. The molecule has 140 valence electrons. The fourth-order valence-corrected chi connectivity index (χ4v) is 3.81. The van der Waals surface area contributed by atoms with Crippen LogP contribution in [0.25, 0.3) is 0 Å². The van der Waals surface area contributed by atoms with Crippen LogP contribution >= 0.6 is 11.5 Å². The molecule has 0 saturated heterocycles. The average molecular weight is 389 g/mol. The maximum absolute atomic E-state index is 13.7. The Balaban J connectivity index is 1.40. The van der Waals surface area contributed by atoms with Crippen molar-refractivity contribution < 1.29 is 13.6 Å². The van der Waals surface area contributed by atoms with Crippen molar-refractivity contribution in [3.05, 3.63) is 58.9 Å². The van der Waals surface area contributed by atoms with Crippen LogP contribution in [-0.2, 0) is 24.2 Å². The SMILES string of the molecule is Cc1cn2c(n1)CCC(C(=O)Nc1nc(Cc3ccc(F)cc3F)ns1)C2. The summed E-state index contributed by atoms with van der Waals surface area (Å²) in [6.07, 6.45) is 3.58. The molecule has 3 aromatic rings. The number of nitrogens with one attached hydrogen (secondary N) is 1. The van der Waals surface area contributed by atoms with Crippen LogP contribution in [0.1, 0.15) is 29.3 Å². The highest BCUT2D eigenvalue weighted by Gasteiger charge is 2.26. The fraction of sp³-hybridized carbons (Fsp3) is 0.333. The number of anilines is 1. The summed E-state index contributed by atoms with van der Waals surface area (Å²) in [4.78, 5) is 21.2. The number of fused-ring (bicyclic) bond motifs is 1. The van der Waals surface area contributed by atoms with Gasteiger partial charge in [-0.15, -0.1) is 0 Å². The second kappa shape index (κ2) is 7.15. The van der Waals surface area contributed by atoms with Gasteiger partial charge in [0, 0.05) is 43.2 Å². The largest absolute Gasteiger partial charge is 0.334 e. The quantitative estimate of drug-likeness (QED) is 0.744. The lowest BCUT2D eigenvalue weighted by Crippen LogP contribution is -2.31. The van der Waals surface area contributed by atoms with Crippen LogP contribution in [-0.4, -0.2) is 24.8 Å². The zero-order valence-electron chi connectivity index (χ0n) is 14.6. The zero-order chi connectivity index (χ0) is 19.0. The summed E-state index contributed by atoms with van der Waals surface area (Å²) in [5.41, 5.74) is 1.26. The van der Waals surface area contributed by atoms with Gasteiger partial charge in [-0.1, -0.05) is 6.07 Å². The average Bonchev–Trinajstić information content (AvgIpc) is 3.21. The second-order valence-corrected chi connectivity index (χ2v) is 7.36. The normalized spacial score (nSPS) is 16.2. The van der Waals surface area contributed by atoms with E-state index in [-0.39, 0.29) is 18.2 Å². The third-order valence-corrected chi connectivity index (χ3v) is 5.21. The fourth-order valence-electron chi connectivity index (χ4n) is 3.22. The molecule has 1 aliphatic heterocycles. The number of aromatic nitrogens is 4. The lowest BCUT2D eigenvalue weighted by Gasteiger charge is -2.22. The Morgan fingerprint density at radius 2 is 2.22 bits per heavy atom. The van der Waals surface area contributed by atoms with Gasteiger partial charge in [0.05, 0.1) is 11.6 Å². The van der Waals surface area contributed by atoms with Crippen molar-refractivity contribution in [1.82, 2.24) is 18.9 Å². The lowest BCUT2D eigenvalue weighted by atomic mass is 9.99. The van der Waals surface area contributed by atoms with Crippen LogP contribution in [0.2, 0.25) is 0 Å². The van der Waals surface area contributed by atoms with Crippen molar-refractivity contribution in [2.75, 3.05) is 5.32 Å². The van der Waals surface area contributed by atoms with Gasteiger partial charge in [0.2, 0.25) is 11.0 Å². The number of carbonyl (C=O) groups excluding carboxylic acids is 1. The zero-order valence-corrected chi connectivity index (χ0v) is 15.4. The van der Waals surface area contributed by atoms with E-state index in [1.807, 2.05) is 17.7 Å². The molecule has 0 spiro atoms. The summed E-state index contributed by atoms with van der Waals surface area (Å²) >= 11 is 1.05. The Hall–Kier alpha value is -2.68. The molecule has 6 nitrogen and oxygen atoms in total. The molecule has 0 saturated carbocycles. The Bertz CT molecular complexity index is 1000. The molecular weight excluding hydrogens is 372 g/mol. The first-order valence-corrected chi connectivity index (χ1v) is 9.35. The number of aryl methyl sites for hydroxylation is 2. The number of hydrogen-bond donors (Lipinski definition) is 1. The molecular formula is C18H17F2N5OS. The maximum Gasteiger partial charge on any atom is 0.231 e. The summed E-state index contributed by atoms with van der Waals surface area (Å²) in [5.74, 6) is -0.133. The Labute approximate surface area is 158 Å². The Kier molecular flexibility index (Phi) is 4.69. The molecule has 2 aromatic heterocycles. The van der Waals surface area contributed by atoms with Gasteiger partial charge < -0.3 is 9.88 Å². The number of nitrogens with zero attached hydrogens (tertiary/aromatic N) is 4. The molecule has 0 aliphatic carbocycles. The van der Waals surface area contributed by atoms with Crippen molar-refractivity contribution >= 4 is 22.6 Å². The van der Waals surface area contributed by atoms with Gasteiger partial charge in [0.1, 0.15) is 23.3 Å². The first-order chi connectivity index (χ1) is 13.0. The molecule has 27 heavy (non-hydrogen) atoms. The minimum atomic E-state index is -0.635.